The van der Waals surface area contributed by atoms with Gasteiger partial charge >= 0.3 is 8.72 Å². The van der Waals surface area contributed by atoms with Gasteiger partial charge in [-0.25, -0.2) is 0 Å². The zero-order valence-electron chi connectivity index (χ0n) is 12.1. The lowest BCUT2D eigenvalue weighted by atomic mass is 9.96. The molecule has 0 atom stereocenters. The zero-order valence-corrected chi connectivity index (χ0v) is 13.1. The van der Waals surface area contributed by atoms with Gasteiger partial charge in [-0.3, -0.25) is 9.96 Å². The lowest BCUT2D eigenvalue weighted by molar-refractivity contribution is 0.396. The minimum atomic E-state index is -1.97. The van der Waals surface area contributed by atoms with Crippen molar-refractivity contribution in [3.05, 3.63) is 0 Å². The van der Waals surface area contributed by atoms with Crippen molar-refractivity contribution < 1.29 is 0 Å². The van der Waals surface area contributed by atoms with E-state index in [2.05, 4.69) is 40.7 Å². The van der Waals surface area contributed by atoms with Gasteiger partial charge in [-0.1, -0.05) is 19.3 Å². The monoisotopic (exact) mass is 258 g/mol. The van der Waals surface area contributed by atoms with E-state index in [1.807, 2.05) is 14.1 Å². The van der Waals surface area contributed by atoms with Crippen LogP contribution in [0.5, 0.6) is 0 Å². The number of hydrogen-bond donors (Lipinski definition) is 4. The molecule has 102 valence electrons. The molecular weight excluding hydrogens is 228 g/mol. The Morgan fingerprint density at radius 1 is 0.941 bits per heavy atom. The molecular formula is C12H30N4Si. The summed E-state index contributed by atoms with van der Waals surface area (Å²) in [6.45, 7) is 6.64. The second-order valence-electron chi connectivity index (χ2n) is 6.10. The largest absolute Gasteiger partial charge is 0.366 e. The van der Waals surface area contributed by atoms with Crippen molar-refractivity contribution in [3.63, 3.8) is 0 Å². The van der Waals surface area contributed by atoms with Gasteiger partial charge in [-0.05, 0) is 47.7 Å². The molecule has 0 aliphatic heterocycles. The summed E-state index contributed by atoms with van der Waals surface area (Å²) in [6, 6.07) is 0.658. The highest BCUT2D eigenvalue weighted by molar-refractivity contribution is 6.70. The highest BCUT2D eigenvalue weighted by Crippen LogP contribution is 2.18. The predicted octanol–water partition coefficient (Wildman–Crippen LogP) is 1.17. The molecule has 17 heavy (non-hydrogen) atoms. The van der Waals surface area contributed by atoms with Crippen molar-refractivity contribution in [1.82, 2.24) is 19.9 Å². The fourth-order valence-corrected chi connectivity index (χ4v) is 5.43. The van der Waals surface area contributed by atoms with E-state index in [0.29, 0.717) is 6.04 Å². The third-order valence-electron chi connectivity index (χ3n) is 3.34. The number of hydrogen-bond acceptors (Lipinski definition) is 4. The number of rotatable bonds is 5. The van der Waals surface area contributed by atoms with E-state index >= 15 is 0 Å². The molecule has 1 aliphatic rings. The lowest BCUT2D eigenvalue weighted by Gasteiger charge is -2.40. The van der Waals surface area contributed by atoms with Crippen LogP contribution >= 0.6 is 0 Å². The molecule has 0 aromatic heterocycles. The van der Waals surface area contributed by atoms with Crippen molar-refractivity contribution in [3.8, 4) is 0 Å². The van der Waals surface area contributed by atoms with Crippen LogP contribution < -0.4 is 19.9 Å². The van der Waals surface area contributed by atoms with Gasteiger partial charge in [-0.15, -0.1) is 0 Å². The first-order valence-corrected chi connectivity index (χ1v) is 8.86. The van der Waals surface area contributed by atoms with Crippen LogP contribution in [-0.2, 0) is 0 Å². The molecule has 0 radical (unpaired) electrons. The van der Waals surface area contributed by atoms with Crippen LogP contribution in [0.1, 0.15) is 52.9 Å². The average Bonchev–Trinajstić information content (AvgIpc) is 2.27. The molecule has 0 unspecified atom stereocenters. The molecule has 0 aromatic carbocycles. The molecule has 4 nitrogen and oxygen atoms in total. The van der Waals surface area contributed by atoms with Gasteiger partial charge in [0, 0.05) is 11.6 Å². The van der Waals surface area contributed by atoms with Gasteiger partial charge in [0.1, 0.15) is 0 Å². The first kappa shape index (κ1) is 15.1. The van der Waals surface area contributed by atoms with Crippen LogP contribution in [0.2, 0.25) is 0 Å². The minimum absolute atomic E-state index is 0.111. The minimum Gasteiger partial charge on any atom is -0.303 e. The molecule has 1 aliphatic carbocycles. The molecule has 4 N–H and O–H groups in total. The highest BCUT2D eigenvalue weighted by Gasteiger charge is 2.37. The quantitative estimate of drug-likeness (QED) is 0.559. The number of nitrogens with one attached hydrogen (secondary N) is 4. The smallest absolute Gasteiger partial charge is 0.303 e. The first-order chi connectivity index (χ1) is 7.91. The summed E-state index contributed by atoms with van der Waals surface area (Å²) in [5.74, 6) is 0. The molecule has 1 rings (SSSR count). The van der Waals surface area contributed by atoms with E-state index in [1.165, 1.54) is 32.1 Å². The van der Waals surface area contributed by atoms with Crippen LogP contribution in [-0.4, -0.2) is 34.4 Å². The van der Waals surface area contributed by atoms with Gasteiger partial charge in [0.25, 0.3) is 0 Å². The Labute approximate surface area is 108 Å². The Hall–Kier alpha value is 0.0569. The predicted molar refractivity (Wildman–Crippen MR) is 76.8 cm³/mol. The van der Waals surface area contributed by atoms with Crippen molar-refractivity contribution >= 4 is 8.72 Å². The zero-order chi connectivity index (χ0) is 12.9. The van der Waals surface area contributed by atoms with E-state index in [0.717, 1.165) is 0 Å². The highest BCUT2D eigenvalue weighted by atomic mass is 28.4. The summed E-state index contributed by atoms with van der Waals surface area (Å²) in [5.41, 5.74) is 0.111. The molecule has 0 bridgehead atoms. The summed E-state index contributed by atoms with van der Waals surface area (Å²) in [4.78, 5) is 14.5. The normalized spacial score (nSPS) is 19.6. The summed E-state index contributed by atoms with van der Waals surface area (Å²) in [7, 11) is 2.11. The van der Waals surface area contributed by atoms with Gasteiger partial charge < -0.3 is 9.96 Å². The summed E-state index contributed by atoms with van der Waals surface area (Å²) < 4.78 is 0. The SMILES string of the molecule is CN[Si](NC)(NC1CCCCC1)NC(C)(C)C. The van der Waals surface area contributed by atoms with Gasteiger partial charge in [-0.2, -0.15) is 0 Å². The summed E-state index contributed by atoms with van der Waals surface area (Å²) in [5, 5.41) is 0. The van der Waals surface area contributed by atoms with E-state index in [4.69, 9.17) is 0 Å². The fourth-order valence-electron chi connectivity index (χ4n) is 2.55. The molecule has 1 fully saturated rings. The Morgan fingerprint density at radius 2 is 1.47 bits per heavy atom. The van der Waals surface area contributed by atoms with Crippen LogP contribution in [0, 0.1) is 0 Å². The molecule has 0 saturated heterocycles. The molecule has 5 heteroatoms. The Bertz CT molecular complexity index is 217. The fraction of sp³-hybridized carbons (Fsp3) is 1.00. The molecule has 0 heterocycles. The summed E-state index contributed by atoms with van der Waals surface area (Å²) >= 11 is 0. The summed E-state index contributed by atoms with van der Waals surface area (Å²) in [6.07, 6.45) is 6.75. The van der Waals surface area contributed by atoms with Crippen molar-refractivity contribution in [2.45, 2.75) is 64.5 Å². The van der Waals surface area contributed by atoms with Crippen molar-refractivity contribution in [2.24, 2.45) is 0 Å². The van der Waals surface area contributed by atoms with Crippen LogP contribution in [0.25, 0.3) is 0 Å². The van der Waals surface area contributed by atoms with Gasteiger partial charge in [0.05, 0.1) is 0 Å². The Morgan fingerprint density at radius 3 is 1.88 bits per heavy atom. The van der Waals surface area contributed by atoms with E-state index in [-0.39, 0.29) is 5.54 Å². The average molecular weight is 258 g/mol. The van der Waals surface area contributed by atoms with Crippen LogP contribution in [0.4, 0.5) is 0 Å². The maximum Gasteiger partial charge on any atom is 0.366 e. The van der Waals surface area contributed by atoms with Crippen LogP contribution in [0.15, 0.2) is 0 Å². The Kier molecular flexibility index (Phi) is 5.59. The maximum atomic E-state index is 3.83. The second kappa shape index (κ2) is 6.29. The first-order valence-electron chi connectivity index (χ1n) is 6.86. The van der Waals surface area contributed by atoms with E-state index in [9.17, 15) is 0 Å². The molecule has 0 amide bonds. The molecule has 1 saturated carbocycles. The Balaban J connectivity index is 2.62. The third-order valence-corrected chi connectivity index (χ3v) is 6.80. The van der Waals surface area contributed by atoms with E-state index < -0.39 is 8.72 Å². The molecule has 0 spiro atoms. The van der Waals surface area contributed by atoms with Crippen LogP contribution in [0.3, 0.4) is 0 Å². The lowest BCUT2D eigenvalue weighted by Crippen LogP contribution is -2.83. The standard InChI is InChI=1S/C12H30N4Si/c1-12(2,3)16-17(13-4,14-5)15-11-9-7-6-8-10-11/h11,13-16H,6-10H2,1-5H3. The second-order valence-corrected chi connectivity index (χ2v) is 9.14. The van der Waals surface area contributed by atoms with Crippen molar-refractivity contribution in [1.29, 1.82) is 0 Å². The maximum absolute atomic E-state index is 3.83. The van der Waals surface area contributed by atoms with Crippen molar-refractivity contribution in [2.75, 3.05) is 14.1 Å². The molecule has 0 aromatic rings. The topological polar surface area (TPSA) is 48.1 Å². The van der Waals surface area contributed by atoms with E-state index in [1.54, 1.807) is 0 Å². The third kappa shape index (κ3) is 5.05. The van der Waals surface area contributed by atoms with Gasteiger partial charge in [0.15, 0.2) is 0 Å². The van der Waals surface area contributed by atoms with Gasteiger partial charge in [0.2, 0.25) is 0 Å².